The van der Waals surface area contributed by atoms with Crippen LogP contribution in [-0.2, 0) is 12.4 Å². The van der Waals surface area contributed by atoms with Crippen LogP contribution in [0.5, 0.6) is 0 Å². The molecule has 0 aliphatic heterocycles. The fraction of sp³-hybridized carbons (Fsp3) is 0.154. The average Bonchev–Trinajstić information content (AvgIpc) is 2.37. The summed E-state index contributed by atoms with van der Waals surface area (Å²) in [6.45, 7) is 0. The van der Waals surface area contributed by atoms with Crippen LogP contribution in [-0.4, -0.2) is 4.98 Å². The number of rotatable bonds is 1. The molecular formula is C13H7F6N. The second kappa shape index (κ2) is 4.81. The molecule has 0 saturated heterocycles. The zero-order valence-corrected chi connectivity index (χ0v) is 9.76. The topological polar surface area (TPSA) is 12.9 Å². The van der Waals surface area contributed by atoms with Gasteiger partial charge in [0.25, 0.3) is 0 Å². The largest absolute Gasteiger partial charge is 0.417 e. The van der Waals surface area contributed by atoms with Gasteiger partial charge >= 0.3 is 12.4 Å². The Kier molecular flexibility index (Phi) is 3.45. The smallest absolute Gasteiger partial charge is 0.263 e. The van der Waals surface area contributed by atoms with E-state index in [-0.39, 0.29) is 11.1 Å². The molecule has 20 heavy (non-hydrogen) atoms. The van der Waals surface area contributed by atoms with Gasteiger partial charge in [0.05, 0.1) is 11.1 Å². The molecule has 0 N–H and O–H groups in total. The number of hydrogen-bond donors (Lipinski definition) is 0. The summed E-state index contributed by atoms with van der Waals surface area (Å²) < 4.78 is 76.1. The van der Waals surface area contributed by atoms with E-state index in [0.29, 0.717) is 12.3 Å². The first-order chi connectivity index (χ1) is 9.19. The Morgan fingerprint density at radius 2 is 1.45 bits per heavy atom. The van der Waals surface area contributed by atoms with Crippen molar-refractivity contribution >= 4 is 0 Å². The molecule has 0 unspecified atom stereocenters. The highest BCUT2D eigenvalue weighted by Crippen LogP contribution is 2.38. The minimum atomic E-state index is -4.66. The molecule has 7 heteroatoms. The van der Waals surface area contributed by atoms with Crippen LogP contribution >= 0.6 is 0 Å². The van der Waals surface area contributed by atoms with Gasteiger partial charge in [0, 0.05) is 18.0 Å². The van der Waals surface area contributed by atoms with Crippen molar-refractivity contribution in [3.05, 3.63) is 53.9 Å². The van der Waals surface area contributed by atoms with Crippen LogP contribution in [0.15, 0.2) is 42.7 Å². The molecule has 1 nitrogen and oxygen atoms in total. The summed E-state index contributed by atoms with van der Waals surface area (Å²) >= 11 is 0. The predicted molar refractivity (Wildman–Crippen MR) is 59.7 cm³/mol. The molecule has 0 bridgehead atoms. The molecule has 2 aromatic rings. The van der Waals surface area contributed by atoms with Crippen molar-refractivity contribution in [2.45, 2.75) is 12.4 Å². The van der Waals surface area contributed by atoms with Crippen LogP contribution in [0.1, 0.15) is 11.1 Å². The van der Waals surface area contributed by atoms with E-state index in [1.54, 1.807) is 0 Å². The highest BCUT2D eigenvalue weighted by Gasteiger charge is 2.35. The normalized spacial score (nSPS) is 12.5. The zero-order valence-electron chi connectivity index (χ0n) is 9.76. The molecule has 1 aromatic heterocycles. The van der Waals surface area contributed by atoms with E-state index in [0.717, 1.165) is 18.3 Å². The molecule has 0 atom stereocenters. The van der Waals surface area contributed by atoms with Gasteiger partial charge < -0.3 is 0 Å². The van der Waals surface area contributed by atoms with E-state index in [4.69, 9.17) is 0 Å². The van der Waals surface area contributed by atoms with E-state index in [2.05, 4.69) is 4.98 Å². The Morgan fingerprint density at radius 1 is 0.800 bits per heavy atom. The molecule has 1 aromatic carbocycles. The van der Waals surface area contributed by atoms with Gasteiger partial charge in [0.1, 0.15) is 0 Å². The Balaban J connectivity index is 2.59. The summed E-state index contributed by atoms with van der Waals surface area (Å²) in [4.78, 5) is 3.36. The van der Waals surface area contributed by atoms with E-state index in [1.807, 2.05) is 0 Å². The van der Waals surface area contributed by atoms with Crippen molar-refractivity contribution < 1.29 is 26.3 Å². The molecule has 1 heterocycles. The summed E-state index contributed by atoms with van der Waals surface area (Å²) in [5.74, 6) is 0. The Labute approximate surface area is 109 Å². The number of aromatic nitrogens is 1. The monoisotopic (exact) mass is 291 g/mol. The molecule has 106 valence electrons. The quantitative estimate of drug-likeness (QED) is 0.689. The highest BCUT2D eigenvalue weighted by molar-refractivity contribution is 5.67. The Bertz CT molecular complexity index is 615. The lowest BCUT2D eigenvalue weighted by molar-refractivity contribution is -0.138. The number of hydrogen-bond acceptors (Lipinski definition) is 1. The first kappa shape index (κ1) is 14.4. The maximum atomic E-state index is 12.8. The van der Waals surface area contributed by atoms with Gasteiger partial charge in [-0.25, -0.2) is 0 Å². The van der Waals surface area contributed by atoms with Crippen molar-refractivity contribution in [2.24, 2.45) is 0 Å². The number of pyridine rings is 1. The lowest BCUT2D eigenvalue weighted by Gasteiger charge is -2.13. The van der Waals surface area contributed by atoms with Gasteiger partial charge in [-0.1, -0.05) is 18.2 Å². The van der Waals surface area contributed by atoms with Crippen LogP contribution < -0.4 is 0 Å². The van der Waals surface area contributed by atoms with Crippen LogP contribution in [0.4, 0.5) is 26.3 Å². The molecule has 0 amide bonds. The van der Waals surface area contributed by atoms with Gasteiger partial charge in [-0.2, -0.15) is 26.3 Å². The van der Waals surface area contributed by atoms with Crippen molar-refractivity contribution in [1.29, 1.82) is 0 Å². The fourth-order valence-corrected chi connectivity index (χ4v) is 1.72. The molecule has 0 aliphatic rings. The predicted octanol–water partition coefficient (Wildman–Crippen LogP) is 4.79. The Hall–Kier alpha value is -2.05. The molecule has 0 radical (unpaired) electrons. The standard InChI is InChI=1S/C13H7F6N/c14-12(15,16)9-5-8(6-20-7-9)10-3-1-2-4-11(10)13(17,18)19/h1-7H. The summed E-state index contributed by atoms with van der Waals surface area (Å²) in [5, 5.41) is 0. The van der Waals surface area contributed by atoms with Crippen LogP contribution in [0, 0.1) is 0 Å². The molecule has 0 spiro atoms. The SMILES string of the molecule is FC(F)(F)c1cncc(-c2ccccc2C(F)(F)F)c1. The minimum absolute atomic E-state index is 0.229. The third-order valence-corrected chi connectivity index (χ3v) is 2.61. The van der Waals surface area contributed by atoms with E-state index >= 15 is 0 Å². The first-order valence-corrected chi connectivity index (χ1v) is 5.38. The van der Waals surface area contributed by atoms with E-state index in [9.17, 15) is 26.3 Å². The fourth-order valence-electron chi connectivity index (χ4n) is 1.72. The molecule has 2 rings (SSSR count). The number of nitrogens with zero attached hydrogens (tertiary/aromatic N) is 1. The van der Waals surface area contributed by atoms with Crippen LogP contribution in [0.25, 0.3) is 11.1 Å². The zero-order chi connectivity index (χ0) is 15.0. The van der Waals surface area contributed by atoms with Crippen molar-refractivity contribution in [2.75, 3.05) is 0 Å². The van der Waals surface area contributed by atoms with E-state index < -0.39 is 23.5 Å². The summed E-state index contributed by atoms with van der Waals surface area (Å²) in [6, 6.07) is 5.07. The summed E-state index contributed by atoms with van der Waals surface area (Å²) in [7, 11) is 0. The van der Waals surface area contributed by atoms with Gasteiger partial charge in [0.2, 0.25) is 0 Å². The molecular weight excluding hydrogens is 284 g/mol. The second-order valence-electron chi connectivity index (χ2n) is 4.00. The lowest BCUT2D eigenvalue weighted by atomic mass is 9.99. The van der Waals surface area contributed by atoms with Gasteiger partial charge in [-0.05, 0) is 17.7 Å². The van der Waals surface area contributed by atoms with Crippen molar-refractivity contribution in [1.82, 2.24) is 4.98 Å². The summed E-state index contributed by atoms with van der Waals surface area (Å²) in [5.41, 5.74) is -2.65. The van der Waals surface area contributed by atoms with Gasteiger partial charge in [-0.15, -0.1) is 0 Å². The lowest BCUT2D eigenvalue weighted by Crippen LogP contribution is -2.08. The Morgan fingerprint density at radius 3 is 2.05 bits per heavy atom. The second-order valence-corrected chi connectivity index (χ2v) is 4.00. The van der Waals surface area contributed by atoms with E-state index in [1.165, 1.54) is 12.1 Å². The summed E-state index contributed by atoms with van der Waals surface area (Å²) in [6.07, 6.45) is -7.76. The third-order valence-electron chi connectivity index (χ3n) is 2.61. The number of halogens is 6. The third kappa shape index (κ3) is 2.92. The maximum Gasteiger partial charge on any atom is 0.417 e. The van der Waals surface area contributed by atoms with Crippen LogP contribution in [0.2, 0.25) is 0 Å². The first-order valence-electron chi connectivity index (χ1n) is 5.38. The van der Waals surface area contributed by atoms with Gasteiger partial charge in [0.15, 0.2) is 0 Å². The minimum Gasteiger partial charge on any atom is -0.263 e. The van der Waals surface area contributed by atoms with Crippen molar-refractivity contribution in [3.8, 4) is 11.1 Å². The number of alkyl halides is 6. The van der Waals surface area contributed by atoms with Crippen LogP contribution in [0.3, 0.4) is 0 Å². The maximum absolute atomic E-state index is 12.8. The molecule has 0 fully saturated rings. The number of benzene rings is 1. The molecule has 0 saturated carbocycles. The highest BCUT2D eigenvalue weighted by atomic mass is 19.4. The molecule has 0 aliphatic carbocycles. The van der Waals surface area contributed by atoms with Gasteiger partial charge in [-0.3, -0.25) is 4.98 Å². The van der Waals surface area contributed by atoms with Crippen molar-refractivity contribution in [3.63, 3.8) is 0 Å². The average molecular weight is 291 g/mol.